The monoisotopic (exact) mass is 492 g/mol. The van der Waals surface area contributed by atoms with E-state index >= 15 is 0 Å². The Morgan fingerprint density at radius 1 is 1.29 bits per heavy atom. The summed E-state index contributed by atoms with van der Waals surface area (Å²) in [5, 5.41) is 16.1. The number of anilines is 1. The van der Waals surface area contributed by atoms with Gasteiger partial charge in [0.25, 0.3) is 11.2 Å². The highest BCUT2D eigenvalue weighted by atomic mass is 32.2. The van der Waals surface area contributed by atoms with Crippen molar-refractivity contribution in [2.24, 2.45) is 0 Å². The number of aryl methyl sites for hydroxylation is 1. The number of allylic oxidation sites excluding steroid dienone is 1. The predicted octanol–water partition coefficient (Wildman–Crippen LogP) is 5.33. The van der Waals surface area contributed by atoms with Crippen LogP contribution in [-0.2, 0) is 11.3 Å². The van der Waals surface area contributed by atoms with Crippen molar-refractivity contribution in [1.29, 1.82) is 0 Å². The Hall–Kier alpha value is -3.76. The van der Waals surface area contributed by atoms with E-state index < -0.39 is 16.1 Å². The van der Waals surface area contributed by atoms with Gasteiger partial charge in [0.15, 0.2) is 5.16 Å². The summed E-state index contributed by atoms with van der Waals surface area (Å²) in [4.78, 5) is 42.7. The third kappa shape index (κ3) is 4.78. The van der Waals surface area contributed by atoms with Gasteiger partial charge in [0.05, 0.1) is 10.3 Å². The summed E-state index contributed by atoms with van der Waals surface area (Å²) in [6.07, 6.45) is 1.60. The van der Waals surface area contributed by atoms with Gasteiger partial charge in [-0.2, -0.15) is 0 Å². The van der Waals surface area contributed by atoms with Gasteiger partial charge in [-0.3, -0.25) is 24.3 Å². The molecule has 0 aliphatic rings. The first-order chi connectivity index (χ1) is 16.4. The van der Waals surface area contributed by atoms with Crippen molar-refractivity contribution in [3.05, 3.63) is 104 Å². The molecular formula is C24H20N4O4S2. The quantitative estimate of drug-likeness (QED) is 0.117. The van der Waals surface area contributed by atoms with Crippen molar-refractivity contribution < 1.29 is 9.72 Å². The lowest BCUT2D eigenvalue weighted by Gasteiger charge is -2.19. The average molecular weight is 493 g/mol. The van der Waals surface area contributed by atoms with E-state index in [1.165, 1.54) is 28.0 Å². The third-order valence-electron chi connectivity index (χ3n) is 5.03. The molecule has 1 atom stereocenters. The van der Waals surface area contributed by atoms with E-state index in [2.05, 4.69) is 16.9 Å². The van der Waals surface area contributed by atoms with E-state index in [1.807, 2.05) is 6.07 Å². The standard InChI is InChI=1S/C24H20N4O4S2/c1-3-12-27-23(30)17-11-13-33-22(17)26-24(27)34-20(16-7-5-4-6-8-16)21(29)25-18-10-9-15(2)14-19(18)28(31)32/h3-11,13-14,20H,1,12H2,2H3,(H,25,29). The molecule has 0 radical (unpaired) electrons. The van der Waals surface area contributed by atoms with Crippen molar-refractivity contribution >= 4 is 50.6 Å². The van der Waals surface area contributed by atoms with Crippen LogP contribution in [0.5, 0.6) is 0 Å². The minimum Gasteiger partial charge on any atom is -0.319 e. The number of thiophene rings is 1. The molecule has 8 nitrogen and oxygen atoms in total. The molecule has 0 fully saturated rings. The van der Waals surface area contributed by atoms with Crippen LogP contribution in [-0.4, -0.2) is 20.4 Å². The Morgan fingerprint density at radius 2 is 2.06 bits per heavy atom. The summed E-state index contributed by atoms with van der Waals surface area (Å²) in [6.45, 7) is 5.70. The second-order valence-electron chi connectivity index (χ2n) is 7.41. The van der Waals surface area contributed by atoms with Crippen molar-refractivity contribution in [2.45, 2.75) is 23.9 Å². The molecule has 0 saturated carbocycles. The van der Waals surface area contributed by atoms with E-state index in [9.17, 15) is 19.7 Å². The van der Waals surface area contributed by atoms with Crippen LogP contribution in [0, 0.1) is 17.0 Å². The lowest BCUT2D eigenvalue weighted by atomic mass is 10.1. The summed E-state index contributed by atoms with van der Waals surface area (Å²) in [6, 6.07) is 15.4. The largest absolute Gasteiger partial charge is 0.319 e. The first kappa shape index (κ1) is 23.4. The lowest BCUT2D eigenvalue weighted by Crippen LogP contribution is -2.24. The van der Waals surface area contributed by atoms with Gasteiger partial charge in [-0.05, 0) is 35.6 Å². The molecule has 0 spiro atoms. The number of hydrogen-bond acceptors (Lipinski definition) is 7. The molecular weight excluding hydrogens is 472 g/mol. The predicted molar refractivity (Wildman–Crippen MR) is 136 cm³/mol. The minimum atomic E-state index is -0.817. The number of fused-ring (bicyclic) bond motifs is 1. The molecule has 2 aromatic heterocycles. The van der Waals surface area contributed by atoms with Crippen LogP contribution in [0.25, 0.3) is 10.2 Å². The smallest absolute Gasteiger partial charge is 0.293 e. The van der Waals surface area contributed by atoms with Gasteiger partial charge in [-0.1, -0.05) is 54.2 Å². The Labute approximate surface area is 203 Å². The number of carbonyl (C=O) groups is 1. The van der Waals surface area contributed by atoms with Gasteiger partial charge < -0.3 is 5.32 Å². The molecule has 1 amide bonds. The number of nitro benzene ring substituents is 1. The number of nitrogens with one attached hydrogen (secondary N) is 1. The van der Waals surface area contributed by atoms with Crippen LogP contribution in [0.15, 0.2) is 82.6 Å². The van der Waals surface area contributed by atoms with Gasteiger partial charge >= 0.3 is 0 Å². The first-order valence-corrected chi connectivity index (χ1v) is 12.0. The van der Waals surface area contributed by atoms with E-state index in [4.69, 9.17) is 0 Å². The van der Waals surface area contributed by atoms with E-state index in [0.717, 1.165) is 11.8 Å². The lowest BCUT2D eigenvalue weighted by molar-refractivity contribution is -0.384. The highest BCUT2D eigenvalue weighted by Gasteiger charge is 2.27. The normalized spacial score (nSPS) is 11.8. The number of benzene rings is 2. The molecule has 172 valence electrons. The van der Waals surface area contributed by atoms with Crippen molar-refractivity contribution in [2.75, 3.05) is 5.32 Å². The Kier molecular flexibility index (Phi) is 6.90. The summed E-state index contributed by atoms with van der Waals surface area (Å²) in [7, 11) is 0. The summed E-state index contributed by atoms with van der Waals surface area (Å²) in [5.41, 5.74) is 1.08. The van der Waals surface area contributed by atoms with Gasteiger partial charge in [0.1, 0.15) is 15.8 Å². The van der Waals surface area contributed by atoms with Crippen LogP contribution in [0.3, 0.4) is 0 Å². The highest BCUT2D eigenvalue weighted by molar-refractivity contribution is 8.00. The topological polar surface area (TPSA) is 107 Å². The van der Waals surface area contributed by atoms with E-state index in [0.29, 0.717) is 26.5 Å². The van der Waals surface area contributed by atoms with E-state index in [-0.39, 0.29) is 23.5 Å². The number of thioether (sulfide) groups is 1. The molecule has 0 aliphatic carbocycles. The summed E-state index contributed by atoms with van der Waals surface area (Å²) in [5.74, 6) is -0.464. The molecule has 1 unspecified atom stereocenters. The molecule has 0 bridgehead atoms. The van der Waals surface area contributed by atoms with Crippen LogP contribution in [0.1, 0.15) is 16.4 Å². The van der Waals surface area contributed by atoms with Crippen LogP contribution in [0.4, 0.5) is 11.4 Å². The summed E-state index contributed by atoms with van der Waals surface area (Å²) < 4.78 is 1.48. The molecule has 4 rings (SSSR count). The maximum atomic E-state index is 13.5. The van der Waals surface area contributed by atoms with Crippen molar-refractivity contribution in [3.63, 3.8) is 0 Å². The van der Waals surface area contributed by atoms with Crippen molar-refractivity contribution in [3.8, 4) is 0 Å². The zero-order valence-corrected chi connectivity index (χ0v) is 19.8. The zero-order valence-electron chi connectivity index (χ0n) is 18.1. The number of rotatable bonds is 8. The first-order valence-electron chi connectivity index (χ1n) is 10.3. The summed E-state index contributed by atoms with van der Waals surface area (Å²) >= 11 is 2.46. The second kappa shape index (κ2) is 10.0. The number of carbonyl (C=O) groups excluding carboxylic acids is 1. The fourth-order valence-electron chi connectivity index (χ4n) is 3.41. The zero-order chi connectivity index (χ0) is 24.2. The van der Waals surface area contributed by atoms with Gasteiger partial charge in [0.2, 0.25) is 5.91 Å². The fraction of sp³-hybridized carbons (Fsp3) is 0.125. The van der Waals surface area contributed by atoms with Crippen LogP contribution < -0.4 is 10.9 Å². The molecule has 0 aliphatic heterocycles. The number of aromatic nitrogens is 2. The van der Waals surface area contributed by atoms with Gasteiger partial charge in [-0.25, -0.2) is 4.98 Å². The Morgan fingerprint density at radius 3 is 2.76 bits per heavy atom. The van der Waals surface area contributed by atoms with E-state index in [1.54, 1.807) is 54.8 Å². The molecule has 2 heterocycles. The SMILES string of the molecule is C=CCn1c(SC(C(=O)Nc2ccc(C)cc2[N+](=O)[O-])c2ccccc2)nc2sccc2c1=O. The number of hydrogen-bond donors (Lipinski definition) is 1. The molecule has 0 saturated heterocycles. The maximum Gasteiger partial charge on any atom is 0.293 e. The average Bonchev–Trinajstić information content (AvgIpc) is 3.30. The second-order valence-corrected chi connectivity index (χ2v) is 9.38. The fourth-order valence-corrected chi connectivity index (χ4v) is 5.32. The molecule has 4 aromatic rings. The van der Waals surface area contributed by atoms with Crippen LogP contribution >= 0.6 is 23.1 Å². The van der Waals surface area contributed by atoms with Gasteiger partial charge in [0, 0.05) is 12.6 Å². The minimum absolute atomic E-state index is 0.104. The number of amides is 1. The highest BCUT2D eigenvalue weighted by Crippen LogP contribution is 2.37. The molecule has 34 heavy (non-hydrogen) atoms. The molecule has 2 aromatic carbocycles. The van der Waals surface area contributed by atoms with Crippen molar-refractivity contribution in [1.82, 2.24) is 9.55 Å². The number of nitro groups is 1. The third-order valence-corrected chi connectivity index (χ3v) is 7.08. The Balaban J connectivity index is 1.76. The van der Waals surface area contributed by atoms with Crippen LogP contribution in [0.2, 0.25) is 0 Å². The number of nitrogens with zero attached hydrogens (tertiary/aromatic N) is 3. The maximum absolute atomic E-state index is 13.5. The Bertz CT molecular complexity index is 1450. The van der Waals surface area contributed by atoms with Gasteiger partial charge in [-0.15, -0.1) is 17.9 Å². The molecule has 10 heteroatoms. The molecule has 1 N–H and O–H groups in total.